The van der Waals surface area contributed by atoms with Gasteiger partial charge in [-0.25, -0.2) is 4.90 Å². The van der Waals surface area contributed by atoms with Crippen molar-refractivity contribution in [2.75, 3.05) is 23.5 Å². The third-order valence-electron chi connectivity index (χ3n) is 9.57. The maximum absolute atomic E-state index is 14.1. The van der Waals surface area contributed by atoms with Crippen LogP contribution in [-0.4, -0.2) is 37.3 Å². The SMILES string of the molecule is COc1cccc(N2C[C@H](C(=O)Oc3cccc(N4C(=O)[C@H]5C6c7ccccc7C(c7ccccc76)[C@@H]5C4=O)c3)CC2=O)c1. The predicted molar refractivity (Wildman–Crippen MR) is 162 cm³/mol. The lowest BCUT2D eigenvalue weighted by molar-refractivity contribution is -0.139. The van der Waals surface area contributed by atoms with Crippen molar-refractivity contribution >= 4 is 35.1 Å². The molecule has 9 rings (SSSR count). The molecule has 4 aromatic rings. The molecular weight excluding hydrogens is 556 g/mol. The number of amides is 3. The fraction of sp³-hybridized carbons (Fsp3) is 0.222. The zero-order valence-corrected chi connectivity index (χ0v) is 23.9. The number of benzene rings is 4. The van der Waals surface area contributed by atoms with E-state index in [9.17, 15) is 19.2 Å². The molecule has 2 fully saturated rings. The molecule has 2 aliphatic heterocycles. The highest BCUT2D eigenvalue weighted by atomic mass is 16.5. The van der Waals surface area contributed by atoms with E-state index in [0.29, 0.717) is 17.1 Å². The molecule has 0 radical (unpaired) electrons. The van der Waals surface area contributed by atoms with Crippen LogP contribution in [0.2, 0.25) is 0 Å². The number of hydrogen-bond acceptors (Lipinski definition) is 6. The molecule has 0 spiro atoms. The van der Waals surface area contributed by atoms with Crippen LogP contribution in [0.15, 0.2) is 97.1 Å². The number of esters is 1. The van der Waals surface area contributed by atoms with Gasteiger partial charge in [0.15, 0.2) is 0 Å². The molecule has 3 aliphatic carbocycles. The molecule has 4 aromatic carbocycles. The van der Waals surface area contributed by atoms with Gasteiger partial charge in [-0.2, -0.15) is 0 Å². The number of hydrogen-bond donors (Lipinski definition) is 0. The summed E-state index contributed by atoms with van der Waals surface area (Å²) in [4.78, 5) is 57.0. The lowest BCUT2D eigenvalue weighted by atomic mass is 9.55. The Hall–Kier alpha value is -5.24. The fourth-order valence-corrected chi connectivity index (χ4v) is 7.71. The van der Waals surface area contributed by atoms with Crippen LogP contribution in [0, 0.1) is 17.8 Å². The smallest absolute Gasteiger partial charge is 0.316 e. The third-order valence-corrected chi connectivity index (χ3v) is 9.57. The number of imide groups is 1. The van der Waals surface area contributed by atoms with Crippen molar-refractivity contribution in [1.29, 1.82) is 0 Å². The first-order valence-corrected chi connectivity index (χ1v) is 14.8. The Kier molecular flexibility index (Phi) is 5.94. The molecule has 8 heteroatoms. The summed E-state index contributed by atoms with van der Waals surface area (Å²) < 4.78 is 11.0. The summed E-state index contributed by atoms with van der Waals surface area (Å²) in [6.07, 6.45) is 0.0199. The summed E-state index contributed by atoms with van der Waals surface area (Å²) in [5.41, 5.74) is 5.45. The van der Waals surface area contributed by atoms with E-state index in [1.54, 1.807) is 60.5 Å². The summed E-state index contributed by atoms with van der Waals surface area (Å²) in [5.74, 6) is -2.45. The van der Waals surface area contributed by atoms with E-state index >= 15 is 0 Å². The maximum Gasteiger partial charge on any atom is 0.316 e. The molecule has 0 unspecified atom stereocenters. The molecule has 8 nitrogen and oxygen atoms in total. The van der Waals surface area contributed by atoms with Crippen LogP contribution in [0.4, 0.5) is 11.4 Å². The van der Waals surface area contributed by atoms with Gasteiger partial charge in [0.1, 0.15) is 11.5 Å². The quantitative estimate of drug-likeness (QED) is 0.185. The molecule has 2 bridgehead atoms. The van der Waals surface area contributed by atoms with E-state index in [-0.39, 0.29) is 48.3 Å². The standard InChI is InChI=1S/C36H28N2O6/c1-43-23-10-6-8-21(17-23)37-19-20(16-29(37)39)36(42)44-24-11-7-9-22(18-24)38-34(40)32-30-25-12-2-3-13-26(25)31(33(32)35(38)41)28-15-5-4-14-27(28)30/h2-15,17-18,20,30-33H,16,19H2,1H3/t20-,30?,31?,32+,33+/m1/s1. The van der Waals surface area contributed by atoms with Gasteiger partial charge >= 0.3 is 5.97 Å². The first-order chi connectivity index (χ1) is 21.4. The number of rotatable bonds is 5. The van der Waals surface area contributed by atoms with E-state index in [0.717, 1.165) is 22.3 Å². The highest BCUT2D eigenvalue weighted by Crippen LogP contribution is 2.61. The molecular formula is C36H28N2O6. The Morgan fingerprint density at radius 2 is 1.20 bits per heavy atom. The van der Waals surface area contributed by atoms with Gasteiger partial charge in [-0.1, -0.05) is 60.7 Å². The predicted octanol–water partition coefficient (Wildman–Crippen LogP) is 5.05. The summed E-state index contributed by atoms with van der Waals surface area (Å²) in [5, 5.41) is 0. The number of nitrogens with zero attached hydrogens (tertiary/aromatic N) is 2. The zero-order valence-electron chi connectivity index (χ0n) is 23.9. The van der Waals surface area contributed by atoms with E-state index in [1.165, 1.54) is 4.90 Å². The molecule has 44 heavy (non-hydrogen) atoms. The minimum atomic E-state index is -0.664. The van der Waals surface area contributed by atoms with Crippen LogP contribution in [0.3, 0.4) is 0 Å². The van der Waals surface area contributed by atoms with E-state index in [4.69, 9.17) is 9.47 Å². The molecule has 0 aromatic heterocycles. The van der Waals surface area contributed by atoms with E-state index in [2.05, 4.69) is 24.3 Å². The second kappa shape index (κ2) is 9.91. The van der Waals surface area contributed by atoms with Gasteiger partial charge in [0.2, 0.25) is 17.7 Å². The van der Waals surface area contributed by atoms with Crippen LogP contribution < -0.4 is 19.3 Å². The lowest BCUT2D eigenvalue weighted by Gasteiger charge is -2.45. The molecule has 0 N–H and O–H groups in total. The van der Waals surface area contributed by atoms with Crippen LogP contribution in [0.25, 0.3) is 0 Å². The van der Waals surface area contributed by atoms with Crippen molar-refractivity contribution in [2.45, 2.75) is 18.3 Å². The minimum absolute atomic E-state index is 0.0199. The molecule has 218 valence electrons. The molecule has 3 atom stereocenters. The average molecular weight is 585 g/mol. The van der Waals surface area contributed by atoms with Gasteiger partial charge in [0.05, 0.1) is 30.6 Å². The van der Waals surface area contributed by atoms with Crippen LogP contribution >= 0.6 is 0 Å². The number of anilines is 2. The first-order valence-electron chi connectivity index (χ1n) is 14.8. The second-order valence-corrected chi connectivity index (χ2v) is 11.8. The Bertz CT molecular complexity index is 1770. The van der Waals surface area contributed by atoms with Gasteiger partial charge in [-0.3, -0.25) is 19.2 Å². The largest absolute Gasteiger partial charge is 0.497 e. The summed E-state index contributed by atoms with van der Waals surface area (Å²) in [7, 11) is 1.55. The Labute approximate surface area is 253 Å². The number of ether oxygens (including phenoxy) is 2. The van der Waals surface area contributed by atoms with Crippen molar-refractivity contribution in [2.24, 2.45) is 17.8 Å². The Balaban J connectivity index is 1.05. The number of methoxy groups -OCH3 is 1. The monoisotopic (exact) mass is 584 g/mol. The van der Waals surface area contributed by atoms with E-state index in [1.807, 2.05) is 24.3 Å². The van der Waals surface area contributed by atoms with Gasteiger partial charge in [-0.05, 0) is 46.5 Å². The topological polar surface area (TPSA) is 93.2 Å². The third kappa shape index (κ3) is 3.83. The summed E-state index contributed by atoms with van der Waals surface area (Å²) in [6.45, 7) is 0.181. The molecule has 2 heterocycles. The van der Waals surface area contributed by atoms with Gasteiger partial charge in [0, 0.05) is 42.6 Å². The molecule has 3 amide bonds. The highest BCUT2D eigenvalue weighted by Gasteiger charge is 2.61. The normalized spacial score (nSPS) is 24.7. The number of carbonyl (C=O) groups excluding carboxylic acids is 4. The molecule has 2 saturated heterocycles. The lowest BCUT2D eigenvalue weighted by Crippen LogP contribution is -2.41. The second-order valence-electron chi connectivity index (χ2n) is 11.8. The summed E-state index contributed by atoms with van der Waals surface area (Å²) in [6, 6.07) is 29.9. The van der Waals surface area contributed by atoms with Crippen LogP contribution in [-0.2, 0) is 19.2 Å². The van der Waals surface area contributed by atoms with Crippen molar-refractivity contribution in [3.63, 3.8) is 0 Å². The Morgan fingerprint density at radius 3 is 1.77 bits per heavy atom. The Morgan fingerprint density at radius 1 is 0.682 bits per heavy atom. The zero-order chi connectivity index (χ0) is 30.1. The van der Waals surface area contributed by atoms with Crippen molar-refractivity contribution < 1.29 is 28.7 Å². The average Bonchev–Trinajstić information content (AvgIpc) is 3.58. The van der Waals surface area contributed by atoms with Crippen molar-refractivity contribution in [1.82, 2.24) is 0 Å². The maximum atomic E-state index is 14.1. The minimum Gasteiger partial charge on any atom is -0.497 e. The highest BCUT2D eigenvalue weighted by molar-refractivity contribution is 6.23. The van der Waals surface area contributed by atoms with Gasteiger partial charge in [-0.15, -0.1) is 0 Å². The van der Waals surface area contributed by atoms with Gasteiger partial charge < -0.3 is 14.4 Å². The van der Waals surface area contributed by atoms with Crippen LogP contribution in [0.5, 0.6) is 11.5 Å². The van der Waals surface area contributed by atoms with Crippen LogP contribution in [0.1, 0.15) is 40.5 Å². The van der Waals surface area contributed by atoms with Crippen molar-refractivity contribution in [3.05, 3.63) is 119 Å². The van der Waals surface area contributed by atoms with E-state index < -0.39 is 23.7 Å². The number of carbonyl (C=O) groups is 4. The summed E-state index contributed by atoms with van der Waals surface area (Å²) >= 11 is 0. The fourth-order valence-electron chi connectivity index (χ4n) is 7.71. The molecule has 0 saturated carbocycles. The van der Waals surface area contributed by atoms with Gasteiger partial charge in [0.25, 0.3) is 0 Å². The first kappa shape index (κ1) is 26.4. The van der Waals surface area contributed by atoms with Crippen molar-refractivity contribution in [3.8, 4) is 11.5 Å². The molecule has 5 aliphatic rings.